The van der Waals surface area contributed by atoms with Crippen molar-refractivity contribution in [2.75, 3.05) is 19.6 Å². The zero-order chi connectivity index (χ0) is 13.4. The number of hydrogen-bond acceptors (Lipinski definition) is 2. The van der Waals surface area contributed by atoms with Gasteiger partial charge in [-0.05, 0) is 51.4 Å². The highest BCUT2D eigenvalue weighted by Gasteiger charge is 2.13. The molecule has 1 fully saturated rings. The first-order valence-corrected chi connectivity index (χ1v) is 7.39. The molecular formula is C15H20ClN3. The summed E-state index contributed by atoms with van der Waals surface area (Å²) in [6, 6.07) is 2.16. The van der Waals surface area contributed by atoms with Crippen LogP contribution in [0.4, 0.5) is 0 Å². The molecule has 0 unspecified atom stereocenters. The molecule has 3 rings (SSSR count). The number of aromatic nitrogens is 2. The summed E-state index contributed by atoms with van der Waals surface area (Å²) >= 11 is 6.23. The largest absolute Gasteiger partial charge is 0.358 e. The Labute approximate surface area is 119 Å². The van der Waals surface area contributed by atoms with Crippen molar-refractivity contribution in [1.29, 1.82) is 0 Å². The molecule has 0 aromatic carbocycles. The molecule has 2 aromatic rings. The van der Waals surface area contributed by atoms with Crippen LogP contribution >= 0.6 is 11.6 Å². The van der Waals surface area contributed by atoms with Crippen molar-refractivity contribution in [2.24, 2.45) is 0 Å². The van der Waals surface area contributed by atoms with Crippen molar-refractivity contribution in [1.82, 2.24) is 14.9 Å². The Bertz CT molecular complexity index is 597. The van der Waals surface area contributed by atoms with E-state index in [-0.39, 0.29) is 0 Å². The fourth-order valence-corrected chi connectivity index (χ4v) is 3.14. The number of hydrogen-bond donors (Lipinski definition) is 1. The van der Waals surface area contributed by atoms with Crippen LogP contribution in [-0.4, -0.2) is 34.5 Å². The first-order chi connectivity index (χ1) is 9.15. The molecule has 1 aliphatic rings. The molecule has 2 aromatic heterocycles. The van der Waals surface area contributed by atoms with Gasteiger partial charge in [0.15, 0.2) is 0 Å². The second kappa shape index (κ2) is 5.14. The van der Waals surface area contributed by atoms with Crippen molar-refractivity contribution in [3.63, 3.8) is 0 Å². The van der Waals surface area contributed by atoms with Crippen LogP contribution in [0.5, 0.6) is 0 Å². The predicted molar refractivity (Wildman–Crippen MR) is 80.0 cm³/mol. The third-order valence-electron chi connectivity index (χ3n) is 4.18. The summed E-state index contributed by atoms with van der Waals surface area (Å²) in [6.45, 7) is 7.74. The maximum Gasteiger partial charge on any atom is 0.138 e. The van der Waals surface area contributed by atoms with Crippen molar-refractivity contribution >= 4 is 22.5 Å². The van der Waals surface area contributed by atoms with E-state index in [2.05, 4.69) is 27.9 Å². The highest BCUT2D eigenvalue weighted by atomic mass is 35.5. The summed E-state index contributed by atoms with van der Waals surface area (Å²) in [6.07, 6.45) is 3.75. The third kappa shape index (κ3) is 2.49. The molecule has 0 bridgehead atoms. The van der Waals surface area contributed by atoms with E-state index in [1.807, 2.05) is 6.92 Å². The van der Waals surface area contributed by atoms with Crippen LogP contribution in [0.25, 0.3) is 10.9 Å². The van der Waals surface area contributed by atoms with Gasteiger partial charge in [-0.1, -0.05) is 11.6 Å². The normalized spacial score (nSPS) is 16.6. The average molecular weight is 278 g/mol. The van der Waals surface area contributed by atoms with Gasteiger partial charge in [-0.25, -0.2) is 4.98 Å². The van der Waals surface area contributed by atoms with Crippen LogP contribution in [0, 0.1) is 13.8 Å². The first-order valence-electron chi connectivity index (χ1n) is 7.02. The lowest BCUT2D eigenvalue weighted by molar-refractivity contribution is 0.342. The van der Waals surface area contributed by atoms with E-state index in [4.69, 9.17) is 11.6 Å². The van der Waals surface area contributed by atoms with E-state index in [9.17, 15) is 0 Å². The van der Waals surface area contributed by atoms with Gasteiger partial charge >= 0.3 is 0 Å². The number of nitrogens with one attached hydrogen (secondary N) is 1. The number of halogens is 1. The zero-order valence-electron chi connectivity index (χ0n) is 11.6. The lowest BCUT2D eigenvalue weighted by Crippen LogP contribution is -2.21. The molecule has 1 N–H and O–H groups in total. The quantitative estimate of drug-likeness (QED) is 0.871. The minimum Gasteiger partial charge on any atom is -0.358 e. The van der Waals surface area contributed by atoms with E-state index >= 15 is 0 Å². The number of nitrogens with zero attached hydrogens (tertiary/aromatic N) is 2. The number of rotatable bonds is 3. The smallest absolute Gasteiger partial charge is 0.138 e. The van der Waals surface area contributed by atoms with Crippen molar-refractivity contribution in [2.45, 2.75) is 33.1 Å². The highest BCUT2D eigenvalue weighted by Crippen LogP contribution is 2.27. The minimum atomic E-state index is 0.613. The standard InChI is InChI=1S/C15H20ClN3/c1-10-11(2)17-15(16)13-9-12(18-14(10)13)5-8-19-6-3-4-7-19/h9,18H,3-8H2,1-2H3. The predicted octanol–water partition coefficient (Wildman–Crippen LogP) is 3.47. The van der Waals surface area contributed by atoms with Gasteiger partial charge in [-0.2, -0.15) is 0 Å². The number of aromatic amines is 1. The minimum absolute atomic E-state index is 0.613. The van der Waals surface area contributed by atoms with Crippen LogP contribution in [0.3, 0.4) is 0 Å². The van der Waals surface area contributed by atoms with Crippen molar-refractivity contribution in [3.05, 3.63) is 28.2 Å². The van der Waals surface area contributed by atoms with Crippen LogP contribution < -0.4 is 0 Å². The van der Waals surface area contributed by atoms with Gasteiger partial charge in [-0.15, -0.1) is 0 Å². The van der Waals surface area contributed by atoms with E-state index < -0.39 is 0 Å². The van der Waals surface area contributed by atoms with Gasteiger partial charge in [0.25, 0.3) is 0 Å². The number of fused-ring (bicyclic) bond motifs is 1. The fourth-order valence-electron chi connectivity index (χ4n) is 2.86. The topological polar surface area (TPSA) is 31.9 Å². The molecule has 0 amide bonds. The Balaban J connectivity index is 1.84. The fraction of sp³-hybridized carbons (Fsp3) is 0.533. The molecule has 102 valence electrons. The summed E-state index contributed by atoms with van der Waals surface area (Å²) in [5, 5.41) is 1.67. The highest BCUT2D eigenvalue weighted by molar-refractivity contribution is 6.34. The Morgan fingerprint density at radius 2 is 2.05 bits per heavy atom. The molecule has 3 heterocycles. The third-order valence-corrected chi connectivity index (χ3v) is 4.46. The van der Waals surface area contributed by atoms with E-state index in [1.54, 1.807) is 0 Å². The summed E-state index contributed by atoms with van der Waals surface area (Å²) in [7, 11) is 0. The molecule has 4 heteroatoms. The molecule has 1 saturated heterocycles. The summed E-state index contributed by atoms with van der Waals surface area (Å²) < 4.78 is 0. The van der Waals surface area contributed by atoms with Crippen molar-refractivity contribution in [3.8, 4) is 0 Å². The van der Waals surface area contributed by atoms with Crippen LogP contribution in [0.15, 0.2) is 6.07 Å². The molecule has 0 saturated carbocycles. The van der Waals surface area contributed by atoms with Crippen LogP contribution in [0.2, 0.25) is 5.15 Å². The van der Waals surface area contributed by atoms with Gasteiger partial charge in [0.2, 0.25) is 0 Å². The SMILES string of the molecule is Cc1nc(Cl)c2cc(CCN3CCCC3)[nH]c2c1C. The van der Waals surface area contributed by atoms with Gasteiger partial charge in [0.05, 0.1) is 5.52 Å². The lowest BCUT2D eigenvalue weighted by atomic mass is 10.2. The molecule has 19 heavy (non-hydrogen) atoms. The molecule has 0 radical (unpaired) electrons. The summed E-state index contributed by atoms with van der Waals surface area (Å²) in [5.74, 6) is 0. The number of aryl methyl sites for hydroxylation is 2. The van der Waals surface area contributed by atoms with E-state index in [0.29, 0.717) is 5.15 Å². The molecule has 3 nitrogen and oxygen atoms in total. The van der Waals surface area contributed by atoms with Crippen LogP contribution in [0.1, 0.15) is 29.8 Å². The number of H-pyrrole nitrogens is 1. The average Bonchev–Trinajstić information content (AvgIpc) is 3.03. The second-order valence-electron chi connectivity index (χ2n) is 5.50. The lowest BCUT2D eigenvalue weighted by Gasteiger charge is -2.13. The molecule has 0 aliphatic carbocycles. The molecule has 0 atom stereocenters. The van der Waals surface area contributed by atoms with Gasteiger partial charge < -0.3 is 9.88 Å². The van der Waals surface area contributed by atoms with E-state index in [1.165, 1.54) is 37.2 Å². The van der Waals surface area contributed by atoms with Crippen LogP contribution in [-0.2, 0) is 6.42 Å². The first kappa shape index (κ1) is 12.9. The Hall–Kier alpha value is -1.06. The van der Waals surface area contributed by atoms with Gasteiger partial charge in [-0.3, -0.25) is 0 Å². The van der Waals surface area contributed by atoms with Crippen molar-refractivity contribution < 1.29 is 0 Å². The Morgan fingerprint density at radius 1 is 1.32 bits per heavy atom. The molecular weight excluding hydrogens is 258 g/mol. The maximum absolute atomic E-state index is 6.23. The number of likely N-dealkylation sites (tertiary alicyclic amines) is 1. The maximum atomic E-state index is 6.23. The Kier molecular flexibility index (Phi) is 3.50. The monoisotopic (exact) mass is 277 g/mol. The molecule has 0 spiro atoms. The Morgan fingerprint density at radius 3 is 2.79 bits per heavy atom. The number of pyridine rings is 1. The summed E-state index contributed by atoms with van der Waals surface area (Å²) in [4.78, 5) is 10.4. The van der Waals surface area contributed by atoms with Gasteiger partial charge in [0, 0.05) is 29.7 Å². The van der Waals surface area contributed by atoms with Gasteiger partial charge in [0.1, 0.15) is 5.15 Å². The second-order valence-corrected chi connectivity index (χ2v) is 5.85. The summed E-state index contributed by atoms with van der Waals surface area (Å²) in [5.41, 5.74) is 4.62. The van der Waals surface area contributed by atoms with E-state index in [0.717, 1.165) is 29.6 Å². The molecule has 1 aliphatic heterocycles. The zero-order valence-corrected chi connectivity index (χ0v) is 12.3.